The predicted molar refractivity (Wildman–Crippen MR) is 90.1 cm³/mol. The molecule has 4 nitrogen and oxygen atoms in total. The number of H-pyrrole nitrogens is 1. The Morgan fingerprint density at radius 2 is 1.64 bits per heavy atom. The maximum absolute atomic E-state index is 12.1. The first-order valence-electron chi connectivity index (χ1n) is 7.65. The number of hydrogen-bond donors (Lipinski definition) is 2. The van der Waals surface area contributed by atoms with E-state index in [0.717, 1.165) is 11.3 Å². The molecule has 2 rings (SSSR count). The van der Waals surface area contributed by atoms with Crippen molar-refractivity contribution in [1.29, 1.82) is 0 Å². The van der Waals surface area contributed by atoms with Gasteiger partial charge >= 0.3 is 0 Å². The van der Waals surface area contributed by atoms with E-state index in [1.807, 2.05) is 18.2 Å². The van der Waals surface area contributed by atoms with Crippen LogP contribution in [0.25, 0.3) is 0 Å². The first-order chi connectivity index (χ1) is 10.2. The number of aromatic amines is 1. The highest BCUT2D eigenvalue weighted by molar-refractivity contribution is 5.34. The Labute approximate surface area is 131 Å². The average molecular weight is 299 g/mol. The number of nitrogens with zero attached hydrogens (tertiary/aromatic N) is 1. The van der Waals surface area contributed by atoms with Gasteiger partial charge in [-0.25, -0.2) is 5.10 Å². The van der Waals surface area contributed by atoms with Crippen LogP contribution in [-0.4, -0.2) is 10.2 Å². The normalized spacial score (nSPS) is 13.4. The summed E-state index contributed by atoms with van der Waals surface area (Å²) in [5.74, 6) is 0.474. The highest BCUT2D eigenvalue weighted by Gasteiger charge is 2.20. The van der Waals surface area contributed by atoms with Gasteiger partial charge < -0.3 is 5.73 Å². The van der Waals surface area contributed by atoms with E-state index < -0.39 is 6.04 Å². The molecule has 1 heterocycles. The minimum atomic E-state index is -0.450. The molecule has 1 unspecified atom stereocenters. The molecule has 4 heteroatoms. The third-order valence-electron chi connectivity index (χ3n) is 3.90. The van der Waals surface area contributed by atoms with Crippen LogP contribution < -0.4 is 11.3 Å². The second kappa shape index (κ2) is 6.05. The summed E-state index contributed by atoms with van der Waals surface area (Å²) in [5.41, 5.74) is 9.51. The first-order valence-corrected chi connectivity index (χ1v) is 7.65. The molecule has 0 aliphatic heterocycles. The van der Waals surface area contributed by atoms with Crippen molar-refractivity contribution in [3.63, 3.8) is 0 Å². The number of nitrogens with two attached hydrogens (primary N) is 1. The molecule has 0 fully saturated rings. The van der Waals surface area contributed by atoms with Crippen LogP contribution in [0.15, 0.2) is 35.1 Å². The standard InChI is InChI=1S/C18H25N3O/c1-11(2)12-6-8-13(9-7-12)16(19)14-10-15(18(3,4)5)20-21-17(14)22/h6-11,16H,19H2,1-5H3,(H,21,22). The van der Waals surface area contributed by atoms with Gasteiger partial charge in [0.25, 0.3) is 5.56 Å². The van der Waals surface area contributed by atoms with Gasteiger partial charge in [0.15, 0.2) is 0 Å². The van der Waals surface area contributed by atoms with E-state index in [9.17, 15) is 4.79 Å². The van der Waals surface area contributed by atoms with Crippen LogP contribution >= 0.6 is 0 Å². The van der Waals surface area contributed by atoms with E-state index in [4.69, 9.17) is 5.73 Å². The maximum Gasteiger partial charge on any atom is 0.269 e. The van der Waals surface area contributed by atoms with Crippen LogP contribution in [0.1, 0.15) is 69.0 Å². The summed E-state index contributed by atoms with van der Waals surface area (Å²) in [5, 5.41) is 6.70. The Balaban J connectivity index is 2.40. The van der Waals surface area contributed by atoms with Crippen LogP contribution in [-0.2, 0) is 5.41 Å². The molecule has 0 aliphatic carbocycles. The van der Waals surface area contributed by atoms with Crippen molar-refractivity contribution in [2.45, 2.75) is 52.0 Å². The second-order valence-electron chi connectivity index (χ2n) is 7.09. The lowest BCUT2D eigenvalue weighted by atomic mass is 9.89. The largest absolute Gasteiger partial charge is 0.320 e. The van der Waals surface area contributed by atoms with Crippen LogP contribution in [0.2, 0.25) is 0 Å². The molecular formula is C18H25N3O. The van der Waals surface area contributed by atoms with Crippen LogP contribution in [0, 0.1) is 0 Å². The Morgan fingerprint density at radius 1 is 1.09 bits per heavy atom. The highest BCUT2D eigenvalue weighted by Crippen LogP contribution is 2.24. The van der Waals surface area contributed by atoms with Crippen LogP contribution in [0.5, 0.6) is 0 Å². The fourth-order valence-corrected chi connectivity index (χ4v) is 2.30. The minimum Gasteiger partial charge on any atom is -0.320 e. The zero-order valence-electron chi connectivity index (χ0n) is 14.0. The molecule has 0 amide bonds. The van der Waals surface area contributed by atoms with Gasteiger partial charge in [0, 0.05) is 11.0 Å². The van der Waals surface area contributed by atoms with Crippen molar-refractivity contribution >= 4 is 0 Å². The van der Waals surface area contributed by atoms with Gasteiger partial charge in [-0.3, -0.25) is 4.79 Å². The summed E-state index contributed by atoms with van der Waals surface area (Å²) < 4.78 is 0. The van der Waals surface area contributed by atoms with E-state index in [-0.39, 0.29) is 11.0 Å². The van der Waals surface area contributed by atoms with E-state index in [0.29, 0.717) is 11.5 Å². The third kappa shape index (κ3) is 3.45. The number of aromatic nitrogens is 2. The lowest BCUT2D eigenvalue weighted by molar-refractivity contribution is 0.553. The predicted octanol–water partition coefficient (Wildman–Crippen LogP) is 3.24. The van der Waals surface area contributed by atoms with E-state index in [1.165, 1.54) is 5.56 Å². The minimum absolute atomic E-state index is 0.139. The molecule has 0 radical (unpaired) electrons. The summed E-state index contributed by atoms with van der Waals surface area (Å²) >= 11 is 0. The fourth-order valence-electron chi connectivity index (χ4n) is 2.30. The first kappa shape index (κ1) is 16.4. The molecule has 1 aromatic heterocycles. The summed E-state index contributed by atoms with van der Waals surface area (Å²) in [7, 11) is 0. The molecular weight excluding hydrogens is 274 g/mol. The molecule has 0 bridgehead atoms. The zero-order valence-corrected chi connectivity index (χ0v) is 14.0. The lowest BCUT2D eigenvalue weighted by Crippen LogP contribution is -2.27. The van der Waals surface area contributed by atoms with E-state index in [2.05, 4.69) is 56.9 Å². The summed E-state index contributed by atoms with van der Waals surface area (Å²) in [6.07, 6.45) is 0. The fraction of sp³-hybridized carbons (Fsp3) is 0.444. The van der Waals surface area contributed by atoms with Crippen molar-refractivity contribution in [3.8, 4) is 0 Å². The van der Waals surface area contributed by atoms with E-state index >= 15 is 0 Å². The second-order valence-corrected chi connectivity index (χ2v) is 7.09. The topological polar surface area (TPSA) is 71.8 Å². The Hall–Kier alpha value is -1.94. The maximum atomic E-state index is 12.1. The summed E-state index contributed by atoms with van der Waals surface area (Å²) in [6.45, 7) is 10.5. The van der Waals surface area contributed by atoms with Crippen LogP contribution in [0.4, 0.5) is 0 Å². The van der Waals surface area contributed by atoms with Gasteiger partial charge in [-0.15, -0.1) is 0 Å². The van der Waals surface area contributed by atoms with Gasteiger partial charge in [0.05, 0.1) is 11.7 Å². The molecule has 3 N–H and O–H groups in total. The zero-order chi connectivity index (χ0) is 16.5. The average Bonchev–Trinajstić information content (AvgIpc) is 2.46. The summed E-state index contributed by atoms with van der Waals surface area (Å²) in [4.78, 5) is 12.1. The number of benzene rings is 1. The highest BCUT2D eigenvalue weighted by atomic mass is 16.1. The SMILES string of the molecule is CC(C)c1ccc(C(N)c2cc(C(C)(C)C)n[nH]c2=O)cc1. The quantitative estimate of drug-likeness (QED) is 0.914. The molecule has 0 aliphatic rings. The Kier molecular flexibility index (Phi) is 4.52. The van der Waals surface area contributed by atoms with Crippen molar-refractivity contribution in [3.05, 3.63) is 63.1 Å². The third-order valence-corrected chi connectivity index (χ3v) is 3.90. The van der Waals surface area contributed by atoms with Gasteiger partial charge in [-0.05, 0) is 23.1 Å². The lowest BCUT2D eigenvalue weighted by Gasteiger charge is -2.19. The number of nitrogens with one attached hydrogen (secondary N) is 1. The molecule has 0 saturated carbocycles. The van der Waals surface area contributed by atoms with Crippen molar-refractivity contribution in [2.24, 2.45) is 5.73 Å². The van der Waals surface area contributed by atoms with E-state index in [1.54, 1.807) is 0 Å². The van der Waals surface area contributed by atoms with Gasteiger partial charge in [-0.1, -0.05) is 58.9 Å². The van der Waals surface area contributed by atoms with Crippen molar-refractivity contribution in [1.82, 2.24) is 10.2 Å². The van der Waals surface area contributed by atoms with Gasteiger partial charge in [0.1, 0.15) is 0 Å². The molecule has 1 atom stereocenters. The smallest absolute Gasteiger partial charge is 0.269 e. The molecule has 118 valence electrons. The number of hydrogen-bond acceptors (Lipinski definition) is 3. The van der Waals surface area contributed by atoms with Crippen molar-refractivity contribution < 1.29 is 0 Å². The van der Waals surface area contributed by atoms with Gasteiger partial charge in [-0.2, -0.15) is 5.10 Å². The molecule has 2 aromatic rings. The summed E-state index contributed by atoms with van der Waals surface area (Å²) in [6, 6.07) is 9.50. The Bertz CT molecular complexity index is 694. The Morgan fingerprint density at radius 3 is 2.14 bits per heavy atom. The monoisotopic (exact) mass is 299 g/mol. The van der Waals surface area contributed by atoms with Crippen LogP contribution in [0.3, 0.4) is 0 Å². The van der Waals surface area contributed by atoms with Gasteiger partial charge in [0.2, 0.25) is 0 Å². The van der Waals surface area contributed by atoms with Crippen molar-refractivity contribution in [2.75, 3.05) is 0 Å². The molecule has 22 heavy (non-hydrogen) atoms. The molecule has 1 aromatic carbocycles. The number of rotatable bonds is 3. The molecule has 0 spiro atoms. The molecule has 0 saturated heterocycles.